The summed E-state index contributed by atoms with van der Waals surface area (Å²) in [6.07, 6.45) is 5.20. The number of fused-ring (bicyclic) bond motifs is 1. The minimum Gasteiger partial charge on any atom is -0.495 e. The summed E-state index contributed by atoms with van der Waals surface area (Å²) in [4.78, 5) is 0. The highest BCUT2D eigenvalue weighted by Gasteiger charge is 2.39. The predicted octanol–water partition coefficient (Wildman–Crippen LogP) is 2.48. The van der Waals surface area contributed by atoms with E-state index in [1.54, 1.807) is 0 Å². The van der Waals surface area contributed by atoms with Gasteiger partial charge in [0.15, 0.2) is 0 Å². The Morgan fingerprint density at radius 2 is 2.29 bits per heavy atom. The lowest BCUT2D eigenvalue weighted by Crippen LogP contribution is -2.41. The Labute approximate surface area is 86.0 Å². The Bertz CT molecular complexity index is 224. The lowest BCUT2D eigenvalue weighted by atomic mass is 9.73. The molecule has 2 nitrogen and oxygen atoms in total. The molecule has 1 aliphatic heterocycles. The van der Waals surface area contributed by atoms with Crippen LogP contribution >= 0.6 is 0 Å². The number of aliphatic hydroxyl groups is 1. The standard InChI is InChI=1S/C12H20O2/c1-3-9-6-8(2)14-12-7-10(13)4-5-11(9)12/h9-13H,2-7H2,1H3. The highest BCUT2D eigenvalue weighted by atomic mass is 16.5. The molecule has 1 heterocycles. The zero-order chi connectivity index (χ0) is 10.1. The fourth-order valence-electron chi connectivity index (χ4n) is 2.96. The van der Waals surface area contributed by atoms with Crippen molar-refractivity contribution in [2.24, 2.45) is 11.8 Å². The van der Waals surface area contributed by atoms with Crippen molar-refractivity contribution in [3.63, 3.8) is 0 Å². The average molecular weight is 196 g/mol. The third-order valence-corrected chi connectivity index (χ3v) is 3.75. The lowest BCUT2D eigenvalue weighted by molar-refractivity contribution is -0.0688. The van der Waals surface area contributed by atoms with Crippen molar-refractivity contribution in [1.29, 1.82) is 0 Å². The van der Waals surface area contributed by atoms with Gasteiger partial charge in [-0.15, -0.1) is 0 Å². The van der Waals surface area contributed by atoms with Gasteiger partial charge in [-0.1, -0.05) is 19.9 Å². The van der Waals surface area contributed by atoms with Crippen LogP contribution in [0.15, 0.2) is 12.3 Å². The Morgan fingerprint density at radius 3 is 3.00 bits per heavy atom. The maximum absolute atomic E-state index is 9.58. The number of hydrogen-bond donors (Lipinski definition) is 1. The van der Waals surface area contributed by atoms with Crippen molar-refractivity contribution >= 4 is 0 Å². The summed E-state index contributed by atoms with van der Waals surface area (Å²) in [7, 11) is 0. The molecule has 2 rings (SSSR count). The van der Waals surface area contributed by atoms with Gasteiger partial charge >= 0.3 is 0 Å². The minimum absolute atomic E-state index is 0.153. The first kappa shape index (κ1) is 10.0. The summed E-state index contributed by atoms with van der Waals surface area (Å²) in [5.41, 5.74) is 0. The van der Waals surface area contributed by atoms with Crippen LogP contribution < -0.4 is 0 Å². The molecular weight excluding hydrogens is 176 g/mol. The number of rotatable bonds is 1. The van der Waals surface area contributed by atoms with E-state index >= 15 is 0 Å². The fourth-order valence-corrected chi connectivity index (χ4v) is 2.96. The first-order valence-corrected chi connectivity index (χ1v) is 5.73. The second kappa shape index (κ2) is 3.93. The Balaban J connectivity index is 2.07. The zero-order valence-corrected chi connectivity index (χ0v) is 8.91. The van der Waals surface area contributed by atoms with Gasteiger partial charge in [-0.2, -0.15) is 0 Å². The van der Waals surface area contributed by atoms with E-state index in [1.165, 1.54) is 6.42 Å². The first-order valence-electron chi connectivity index (χ1n) is 5.73. The van der Waals surface area contributed by atoms with Gasteiger partial charge in [0.25, 0.3) is 0 Å². The third-order valence-electron chi connectivity index (χ3n) is 3.75. The SMILES string of the molecule is C=C1CC(CC)C2CCC(O)CC2O1. The van der Waals surface area contributed by atoms with E-state index in [4.69, 9.17) is 4.74 Å². The van der Waals surface area contributed by atoms with Gasteiger partial charge in [0.1, 0.15) is 6.10 Å². The highest BCUT2D eigenvalue weighted by molar-refractivity contribution is 4.98. The molecule has 0 aromatic carbocycles. The summed E-state index contributed by atoms with van der Waals surface area (Å²) >= 11 is 0. The van der Waals surface area contributed by atoms with Crippen molar-refractivity contribution < 1.29 is 9.84 Å². The van der Waals surface area contributed by atoms with Crippen LogP contribution in [0.3, 0.4) is 0 Å². The molecule has 0 amide bonds. The predicted molar refractivity (Wildman–Crippen MR) is 55.8 cm³/mol. The van der Waals surface area contributed by atoms with Gasteiger partial charge in [-0.3, -0.25) is 0 Å². The molecule has 80 valence electrons. The van der Waals surface area contributed by atoms with E-state index in [0.717, 1.165) is 37.4 Å². The van der Waals surface area contributed by atoms with Gasteiger partial charge in [0, 0.05) is 12.8 Å². The van der Waals surface area contributed by atoms with E-state index < -0.39 is 0 Å². The zero-order valence-electron chi connectivity index (χ0n) is 8.91. The van der Waals surface area contributed by atoms with Crippen LogP contribution in [0.4, 0.5) is 0 Å². The molecule has 1 saturated heterocycles. The second-order valence-electron chi connectivity index (χ2n) is 4.70. The van der Waals surface area contributed by atoms with Crippen molar-refractivity contribution in [1.82, 2.24) is 0 Å². The smallest absolute Gasteiger partial charge is 0.104 e. The van der Waals surface area contributed by atoms with E-state index in [2.05, 4.69) is 13.5 Å². The Kier molecular flexibility index (Phi) is 2.82. The van der Waals surface area contributed by atoms with Crippen molar-refractivity contribution in [2.45, 2.75) is 51.2 Å². The Morgan fingerprint density at radius 1 is 1.50 bits per heavy atom. The second-order valence-corrected chi connectivity index (χ2v) is 4.70. The normalized spacial score (nSPS) is 42.9. The van der Waals surface area contributed by atoms with Crippen LogP contribution in [-0.4, -0.2) is 17.3 Å². The van der Waals surface area contributed by atoms with Crippen LogP contribution in [0.2, 0.25) is 0 Å². The van der Waals surface area contributed by atoms with Crippen LogP contribution in [0.5, 0.6) is 0 Å². The quantitative estimate of drug-likeness (QED) is 0.698. The van der Waals surface area contributed by atoms with E-state index in [9.17, 15) is 5.11 Å². The van der Waals surface area contributed by atoms with Crippen LogP contribution in [0, 0.1) is 11.8 Å². The Hall–Kier alpha value is -0.500. The molecule has 4 atom stereocenters. The molecule has 0 radical (unpaired) electrons. The van der Waals surface area contributed by atoms with Crippen molar-refractivity contribution in [3.8, 4) is 0 Å². The molecular formula is C12H20O2. The highest BCUT2D eigenvalue weighted by Crippen LogP contribution is 2.41. The molecule has 0 aromatic heterocycles. The minimum atomic E-state index is -0.153. The number of ether oxygens (including phenoxy) is 1. The molecule has 2 heteroatoms. The van der Waals surface area contributed by atoms with Gasteiger partial charge in [-0.05, 0) is 24.7 Å². The maximum Gasteiger partial charge on any atom is 0.104 e. The summed E-state index contributed by atoms with van der Waals surface area (Å²) in [5, 5.41) is 9.58. The van der Waals surface area contributed by atoms with Crippen LogP contribution in [-0.2, 0) is 4.74 Å². The monoisotopic (exact) mass is 196 g/mol. The topological polar surface area (TPSA) is 29.5 Å². The van der Waals surface area contributed by atoms with Gasteiger partial charge in [0.05, 0.1) is 11.9 Å². The van der Waals surface area contributed by atoms with E-state index in [0.29, 0.717) is 5.92 Å². The molecule has 1 aliphatic carbocycles. The molecule has 2 fully saturated rings. The largest absolute Gasteiger partial charge is 0.495 e. The summed E-state index contributed by atoms with van der Waals surface area (Å²) < 4.78 is 5.74. The van der Waals surface area contributed by atoms with Gasteiger partial charge in [-0.25, -0.2) is 0 Å². The van der Waals surface area contributed by atoms with E-state index in [-0.39, 0.29) is 12.2 Å². The number of hydrogen-bond acceptors (Lipinski definition) is 2. The first-order chi connectivity index (χ1) is 6.70. The summed E-state index contributed by atoms with van der Waals surface area (Å²) in [5.74, 6) is 2.31. The summed E-state index contributed by atoms with van der Waals surface area (Å²) in [6, 6.07) is 0. The van der Waals surface area contributed by atoms with Crippen molar-refractivity contribution in [3.05, 3.63) is 12.3 Å². The number of aliphatic hydroxyl groups excluding tert-OH is 1. The molecule has 0 spiro atoms. The van der Waals surface area contributed by atoms with Crippen LogP contribution in [0.1, 0.15) is 39.0 Å². The van der Waals surface area contributed by atoms with Gasteiger partial charge < -0.3 is 9.84 Å². The summed E-state index contributed by atoms with van der Waals surface area (Å²) in [6.45, 7) is 6.17. The molecule has 2 aliphatic rings. The average Bonchev–Trinajstić information content (AvgIpc) is 2.15. The van der Waals surface area contributed by atoms with E-state index in [1.807, 2.05) is 0 Å². The number of allylic oxidation sites excluding steroid dienone is 1. The van der Waals surface area contributed by atoms with Crippen molar-refractivity contribution in [2.75, 3.05) is 0 Å². The van der Waals surface area contributed by atoms with Gasteiger partial charge in [0.2, 0.25) is 0 Å². The lowest BCUT2D eigenvalue weighted by Gasteiger charge is -2.43. The molecule has 1 saturated carbocycles. The molecule has 14 heavy (non-hydrogen) atoms. The molecule has 0 bridgehead atoms. The third kappa shape index (κ3) is 1.81. The molecule has 1 N–H and O–H groups in total. The molecule has 4 unspecified atom stereocenters. The van der Waals surface area contributed by atoms with Crippen LogP contribution in [0.25, 0.3) is 0 Å². The molecule has 0 aromatic rings. The fraction of sp³-hybridized carbons (Fsp3) is 0.833. The maximum atomic E-state index is 9.58.